The maximum absolute atomic E-state index is 5.57. The Hall–Kier alpha value is -0.870. The fourth-order valence-electron chi connectivity index (χ4n) is 2.72. The quantitative estimate of drug-likeness (QED) is 0.870. The lowest BCUT2D eigenvalue weighted by molar-refractivity contribution is 0.0792. The summed E-state index contributed by atoms with van der Waals surface area (Å²) in [6, 6.07) is 0.559. The normalized spacial score (nSPS) is 29.6. The predicted molar refractivity (Wildman–Crippen MR) is 64.0 cm³/mol. The Morgan fingerprint density at radius 2 is 2.35 bits per heavy atom. The molecule has 4 heteroatoms. The van der Waals surface area contributed by atoms with Gasteiger partial charge in [-0.15, -0.1) is 0 Å². The first kappa shape index (κ1) is 11.2. The van der Waals surface area contributed by atoms with Crippen LogP contribution in [0.2, 0.25) is 0 Å². The number of rotatable bonds is 3. The van der Waals surface area contributed by atoms with Crippen molar-refractivity contribution in [1.82, 2.24) is 10.3 Å². The fourth-order valence-corrected chi connectivity index (χ4v) is 2.72. The molecule has 2 fully saturated rings. The Labute approximate surface area is 102 Å². The van der Waals surface area contributed by atoms with E-state index in [4.69, 9.17) is 9.15 Å². The Morgan fingerprint density at radius 1 is 1.35 bits per heavy atom. The smallest absolute Gasteiger partial charge is 0.195 e. The second-order valence-corrected chi connectivity index (χ2v) is 5.08. The molecule has 2 saturated heterocycles. The zero-order valence-corrected chi connectivity index (χ0v) is 10.2. The maximum atomic E-state index is 5.57. The van der Waals surface area contributed by atoms with Crippen molar-refractivity contribution in [1.29, 1.82) is 0 Å². The molecule has 0 saturated carbocycles. The lowest BCUT2D eigenvalue weighted by atomic mass is 9.99. The summed E-state index contributed by atoms with van der Waals surface area (Å²) in [5.41, 5.74) is 1.08. The van der Waals surface area contributed by atoms with Crippen molar-refractivity contribution >= 4 is 0 Å². The Bertz CT molecular complexity index is 352. The molecule has 17 heavy (non-hydrogen) atoms. The third kappa shape index (κ3) is 2.69. The van der Waals surface area contributed by atoms with E-state index in [1.807, 2.05) is 6.26 Å². The summed E-state index contributed by atoms with van der Waals surface area (Å²) < 4.78 is 11.1. The van der Waals surface area contributed by atoms with Gasteiger partial charge >= 0.3 is 0 Å². The fraction of sp³-hybridized carbons (Fsp3) is 0.769. The Balaban J connectivity index is 1.60. The lowest BCUT2D eigenvalue weighted by Crippen LogP contribution is -2.23. The molecule has 3 heterocycles. The van der Waals surface area contributed by atoms with E-state index in [1.54, 1.807) is 0 Å². The molecule has 4 nitrogen and oxygen atoms in total. The van der Waals surface area contributed by atoms with Crippen molar-refractivity contribution in [3.63, 3.8) is 0 Å². The van der Waals surface area contributed by atoms with Crippen molar-refractivity contribution in [2.24, 2.45) is 0 Å². The molecule has 2 aliphatic rings. The molecule has 0 bridgehead atoms. The van der Waals surface area contributed by atoms with Crippen LogP contribution in [0.3, 0.4) is 0 Å². The third-order valence-corrected chi connectivity index (χ3v) is 3.73. The van der Waals surface area contributed by atoms with Gasteiger partial charge in [0.1, 0.15) is 6.26 Å². The van der Waals surface area contributed by atoms with Crippen molar-refractivity contribution in [2.75, 3.05) is 19.8 Å². The van der Waals surface area contributed by atoms with E-state index < -0.39 is 0 Å². The van der Waals surface area contributed by atoms with Gasteiger partial charge in [0.2, 0.25) is 0 Å². The van der Waals surface area contributed by atoms with E-state index in [0.717, 1.165) is 44.2 Å². The summed E-state index contributed by atoms with van der Waals surface area (Å²) in [5.74, 6) is 1.32. The summed E-state index contributed by atoms with van der Waals surface area (Å²) >= 11 is 0. The average molecular weight is 236 g/mol. The van der Waals surface area contributed by atoms with Crippen LogP contribution in [0, 0.1) is 0 Å². The summed E-state index contributed by atoms with van der Waals surface area (Å²) in [4.78, 5) is 4.61. The van der Waals surface area contributed by atoms with Gasteiger partial charge in [0, 0.05) is 25.0 Å². The zero-order valence-electron chi connectivity index (χ0n) is 10.2. The molecule has 0 amide bonds. The van der Waals surface area contributed by atoms with E-state index in [-0.39, 0.29) is 0 Å². The molecule has 2 unspecified atom stereocenters. The summed E-state index contributed by atoms with van der Waals surface area (Å²) in [6.45, 7) is 2.83. The second kappa shape index (κ2) is 5.19. The Morgan fingerprint density at radius 3 is 3.12 bits per heavy atom. The van der Waals surface area contributed by atoms with Gasteiger partial charge in [-0.3, -0.25) is 0 Å². The molecule has 0 aromatic carbocycles. The van der Waals surface area contributed by atoms with Crippen LogP contribution in [-0.4, -0.2) is 30.8 Å². The number of nitrogens with zero attached hydrogens (tertiary/aromatic N) is 1. The van der Waals surface area contributed by atoms with Crippen LogP contribution in [0.5, 0.6) is 0 Å². The van der Waals surface area contributed by atoms with Crippen LogP contribution in [0.25, 0.3) is 0 Å². The molecule has 1 aromatic rings. The topological polar surface area (TPSA) is 47.3 Å². The molecule has 0 spiro atoms. The van der Waals surface area contributed by atoms with Gasteiger partial charge in [-0.1, -0.05) is 0 Å². The highest BCUT2D eigenvalue weighted by Gasteiger charge is 2.21. The molecule has 94 valence electrons. The van der Waals surface area contributed by atoms with Gasteiger partial charge in [-0.25, -0.2) is 4.98 Å². The predicted octanol–water partition coefficient (Wildman–Crippen LogP) is 1.86. The third-order valence-electron chi connectivity index (χ3n) is 3.73. The standard InChI is InChI=1S/C13H20N2O2/c1-4-11(14-5-1)7-13-15-12(9-17-13)10-3-2-6-16-8-10/h9-11,14H,1-8H2. The average Bonchev–Trinajstić information content (AvgIpc) is 3.02. The van der Waals surface area contributed by atoms with Gasteiger partial charge in [0.15, 0.2) is 5.89 Å². The molecule has 0 radical (unpaired) electrons. The van der Waals surface area contributed by atoms with Crippen molar-refractivity contribution in [2.45, 2.75) is 44.1 Å². The number of hydrogen-bond acceptors (Lipinski definition) is 4. The molecule has 1 N–H and O–H groups in total. The summed E-state index contributed by atoms with van der Waals surface area (Å²) in [6.07, 6.45) is 7.57. The van der Waals surface area contributed by atoms with Gasteiger partial charge in [-0.05, 0) is 32.2 Å². The van der Waals surface area contributed by atoms with Crippen LogP contribution in [0.1, 0.15) is 43.2 Å². The van der Waals surface area contributed by atoms with Gasteiger partial charge in [0.25, 0.3) is 0 Å². The first-order valence-electron chi connectivity index (χ1n) is 6.67. The highest BCUT2D eigenvalue weighted by molar-refractivity contribution is 5.06. The number of ether oxygens (including phenoxy) is 1. The van der Waals surface area contributed by atoms with Crippen LogP contribution < -0.4 is 5.32 Å². The first-order valence-corrected chi connectivity index (χ1v) is 6.67. The van der Waals surface area contributed by atoms with Gasteiger partial charge in [-0.2, -0.15) is 0 Å². The largest absolute Gasteiger partial charge is 0.449 e. The number of oxazole rings is 1. The molecule has 2 atom stereocenters. The first-order chi connectivity index (χ1) is 8.42. The van der Waals surface area contributed by atoms with Gasteiger partial charge < -0.3 is 14.5 Å². The highest BCUT2D eigenvalue weighted by Crippen LogP contribution is 2.25. The SMILES string of the molecule is c1oc(CC2CCCN2)nc1C1CCCOC1. The molecule has 1 aromatic heterocycles. The second-order valence-electron chi connectivity index (χ2n) is 5.08. The van der Waals surface area contributed by atoms with Crippen LogP contribution in [0.15, 0.2) is 10.7 Å². The van der Waals surface area contributed by atoms with E-state index in [1.165, 1.54) is 19.3 Å². The maximum Gasteiger partial charge on any atom is 0.195 e. The van der Waals surface area contributed by atoms with Crippen LogP contribution in [0.4, 0.5) is 0 Å². The van der Waals surface area contributed by atoms with E-state index in [0.29, 0.717) is 12.0 Å². The highest BCUT2D eigenvalue weighted by atomic mass is 16.5. The van der Waals surface area contributed by atoms with Crippen molar-refractivity contribution in [3.05, 3.63) is 17.8 Å². The van der Waals surface area contributed by atoms with E-state index in [2.05, 4.69) is 10.3 Å². The monoisotopic (exact) mass is 236 g/mol. The minimum Gasteiger partial charge on any atom is -0.449 e. The molecule has 2 aliphatic heterocycles. The zero-order chi connectivity index (χ0) is 11.5. The van der Waals surface area contributed by atoms with E-state index >= 15 is 0 Å². The molecular weight excluding hydrogens is 216 g/mol. The molecule has 3 rings (SSSR count). The minimum atomic E-state index is 0.442. The molecular formula is C13H20N2O2. The summed E-state index contributed by atoms with van der Waals surface area (Å²) in [7, 11) is 0. The number of aromatic nitrogens is 1. The van der Waals surface area contributed by atoms with Crippen LogP contribution >= 0.6 is 0 Å². The summed E-state index contributed by atoms with van der Waals surface area (Å²) in [5, 5.41) is 3.47. The molecule has 0 aliphatic carbocycles. The Kier molecular flexibility index (Phi) is 3.43. The lowest BCUT2D eigenvalue weighted by Gasteiger charge is -2.19. The van der Waals surface area contributed by atoms with E-state index in [9.17, 15) is 0 Å². The number of nitrogens with one attached hydrogen (secondary N) is 1. The van der Waals surface area contributed by atoms with Crippen molar-refractivity contribution < 1.29 is 9.15 Å². The van der Waals surface area contributed by atoms with Gasteiger partial charge in [0.05, 0.1) is 12.3 Å². The number of hydrogen-bond donors (Lipinski definition) is 1. The van der Waals surface area contributed by atoms with Crippen LogP contribution in [-0.2, 0) is 11.2 Å². The van der Waals surface area contributed by atoms with Crippen molar-refractivity contribution in [3.8, 4) is 0 Å². The minimum absolute atomic E-state index is 0.442.